The lowest BCUT2D eigenvalue weighted by atomic mass is 9.80. The van der Waals surface area contributed by atoms with Gasteiger partial charge in [-0.1, -0.05) is 26.3 Å². The predicted molar refractivity (Wildman–Crippen MR) is 84.1 cm³/mol. The van der Waals surface area contributed by atoms with Crippen LogP contribution in [0.5, 0.6) is 0 Å². The molecule has 1 aromatic heterocycles. The van der Waals surface area contributed by atoms with Crippen LogP contribution in [0.3, 0.4) is 0 Å². The molecule has 0 amide bonds. The van der Waals surface area contributed by atoms with Gasteiger partial charge in [0.2, 0.25) is 12.3 Å². The van der Waals surface area contributed by atoms with Crippen molar-refractivity contribution in [2.45, 2.75) is 46.1 Å². The standard InChI is InChI=1S/C17H23N3O/c1-11-4-5-12(2)15(8-11)19-16-9-14(7-6-13(16)3)17-20-18-10-21-17/h6-7,9-12,15,19H,4-5,8H2,1-3H3. The molecule has 1 aliphatic rings. The van der Waals surface area contributed by atoms with Gasteiger partial charge in [0.1, 0.15) is 0 Å². The lowest BCUT2D eigenvalue weighted by Crippen LogP contribution is -2.33. The first kappa shape index (κ1) is 14.1. The second kappa shape index (κ2) is 5.88. The lowest BCUT2D eigenvalue weighted by Gasteiger charge is -2.34. The molecule has 3 unspecified atom stereocenters. The van der Waals surface area contributed by atoms with E-state index in [4.69, 9.17) is 4.42 Å². The summed E-state index contributed by atoms with van der Waals surface area (Å²) in [4.78, 5) is 0. The second-order valence-electron chi connectivity index (χ2n) is 6.42. The molecule has 1 fully saturated rings. The first-order valence-electron chi connectivity index (χ1n) is 7.77. The van der Waals surface area contributed by atoms with Gasteiger partial charge in [0, 0.05) is 17.3 Å². The van der Waals surface area contributed by atoms with Crippen LogP contribution in [0.4, 0.5) is 5.69 Å². The summed E-state index contributed by atoms with van der Waals surface area (Å²) < 4.78 is 5.29. The summed E-state index contributed by atoms with van der Waals surface area (Å²) >= 11 is 0. The van der Waals surface area contributed by atoms with Crippen molar-refractivity contribution in [3.8, 4) is 11.5 Å². The maximum atomic E-state index is 5.29. The maximum absolute atomic E-state index is 5.29. The number of hydrogen-bond donors (Lipinski definition) is 1. The molecule has 2 aromatic rings. The van der Waals surface area contributed by atoms with E-state index in [1.165, 1.54) is 36.9 Å². The van der Waals surface area contributed by atoms with Crippen LogP contribution >= 0.6 is 0 Å². The first-order chi connectivity index (χ1) is 10.1. The highest BCUT2D eigenvalue weighted by Gasteiger charge is 2.25. The average Bonchev–Trinajstić information content (AvgIpc) is 2.99. The van der Waals surface area contributed by atoms with E-state index in [0.29, 0.717) is 17.9 Å². The van der Waals surface area contributed by atoms with Crippen LogP contribution < -0.4 is 5.32 Å². The highest BCUT2D eigenvalue weighted by atomic mass is 16.4. The molecule has 4 heteroatoms. The Labute approximate surface area is 126 Å². The van der Waals surface area contributed by atoms with Gasteiger partial charge < -0.3 is 9.73 Å². The third kappa shape index (κ3) is 3.09. The van der Waals surface area contributed by atoms with Gasteiger partial charge in [0.25, 0.3) is 0 Å². The summed E-state index contributed by atoms with van der Waals surface area (Å²) in [5, 5.41) is 11.5. The largest absolute Gasteiger partial charge is 0.423 e. The van der Waals surface area contributed by atoms with Crippen LogP contribution in [0.25, 0.3) is 11.5 Å². The van der Waals surface area contributed by atoms with Gasteiger partial charge in [-0.25, -0.2) is 0 Å². The molecular formula is C17H23N3O. The molecule has 0 saturated heterocycles. The molecule has 0 spiro atoms. The Balaban J connectivity index is 1.82. The second-order valence-corrected chi connectivity index (χ2v) is 6.42. The molecule has 0 bridgehead atoms. The minimum atomic E-state index is 0.547. The summed E-state index contributed by atoms with van der Waals surface area (Å²) in [6, 6.07) is 6.81. The van der Waals surface area contributed by atoms with Crippen LogP contribution in [-0.4, -0.2) is 16.2 Å². The van der Waals surface area contributed by atoms with Crippen molar-refractivity contribution in [1.82, 2.24) is 10.2 Å². The Hall–Kier alpha value is -1.84. The van der Waals surface area contributed by atoms with Crippen molar-refractivity contribution in [3.05, 3.63) is 30.2 Å². The minimum absolute atomic E-state index is 0.547. The SMILES string of the molecule is Cc1ccc(-c2nnco2)cc1NC1CC(C)CCC1C. The number of aryl methyl sites for hydroxylation is 1. The summed E-state index contributed by atoms with van der Waals surface area (Å²) in [5.74, 6) is 2.09. The minimum Gasteiger partial charge on any atom is -0.423 e. The first-order valence-corrected chi connectivity index (χ1v) is 7.77. The Morgan fingerprint density at radius 2 is 2.10 bits per heavy atom. The fraction of sp³-hybridized carbons (Fsp3) is 0.529. The molecule has 3 atom stereocenters. The summed E-state index contributed by atoms with van der Waals surface area (Å²) in [6.45, 7) is 6.83. The van der Waals surface area contributed by atoms with E-state index in [1.807, 2.05) is 6.07 Å². The van der Waals surface area contributed by atoms with Gasteiger partial charge in [-0.15, -0.1) is 10.2 Å². The zero-order valence-electron chi connectivity index (χ0n) is 13.0. The number of rotatable bonds is 3. The van der Waals surface area contributed by atoms with Crippen molar-refractivity contribution in [2.75, 3.05) is 5.32 Å². The fourth-order valence-electron chi connectivity index (χ4n) is 3.14. The predicted octanol–water partition coefficient (Wildman–Crippen LogP) is 4.28. The van der Waals surface area contributed by atoms with E-state index in [-0.39, 0.29) is 0 Å². The molecule has 4 nitrogen and oxygen atoms in total. The Morgan fingerprint density at radius 1 is 1.24 bits per heavy atom. The number of nitrogens with zero attached hydrogens (tertiary/aromatic N) is 2. The third-order valence-corrected chi connectivity index (χ3v) is 4.64. The maximum Gasteiger partial charge on any atom is 0.247 e. The van der Waals surface area contributed by atoms with Crippen molar-refractivity contribution >= 4 is 5.69 Å². The molecule has 1 N–H and O–H groups in total. The monoisotopic (exact) mass is 285 g/mol. The van der Waals surface area contributed by atoms with Gasteiger partial charge in [-0.3, -0.25) is 0 Å². The lowest BCUT2D eigenvalue weighted by molar-refractivity contribution is 0.280. The normalized spacial score (nSPS) is 25.8. The topological polar surface area (TPSA) is 51.0 Å². The van der Waals surface area contributed by atoms with Gasteiger partial charge in [0.15, 0.2) is 0 Å². The number of nitrogens with one attached hydrogen (secondary N) is 1. The highest BCUT2D eigenvalue weighted by Crippen LogP contribution is 2.32. The summed E-state index contributed by atoms with van der Waals surface area (Å²) in [5.41, 5.74) is 3.40. The quantitative estimate of drug-likeness (QED) is 0.914. The van der Waals surface area contributed by atoms with Crippen molar-refractivity contribution in [3.63, 3.8) is 0 Å². The molecule has 0 radical (unpaired) electrons. The smallest absolute Gasteiger partial charge is 0.247 e. The van der Waals surface area contributed by atoms with Crippen molar-refractivity contribution in [1.29, 1.82) is 0 Å². The number of aromatic nitrogens is 2. The molecule has 1 aliphatic carbocycles. The zero-order valence-corrected chi connectivity index (χ0v) is 13.0. The zero-order chi connectivity index (χ0) is 14.8. The molecular weight excluding hydrogens is 262 g/mol. The van der Waals surface area contributed by atoms with E-state index in [9.17, 15) is 0 Å². The third-order valence-electron chi connectivity index (χ3n) is 4.64. The van der Waals surface area contributed by atoms with E-state index >= 15 is 0 Å². The van der Waals surface area contributed by atoms with Crippen molar-refractivity contribution in [2.24, 2.45) is 11.8 Å². The van der Waals surface area contributed by atoms with E-state index in [2.05, 4.69) is 48.4 Å². The molecule has 1 heterocycles. The van der Waals surface area contributed by atoms with Crippen LogP contribution in [0.2, 0.25) is 0 Å². The van der Waals surface area contributed by atoms with Gasteiger partial charge in [-0.05, 0) is 49.3 Å². The van der Waals surface area contributed by atoms with Crippen LogP contribution in [0.1, 0.15) is 38.7 Å². The Bertz CT molecular complexity index is 594. The summed E-state index contributed by atoms with van der Waals surface area (Å²) in [6.07, 6.45) is 5.26. The molecule has 0 aliphatic heterocycles. The van der Waals surface area contributed by atoms with Gasteiger partial charge in [0.05, 0.1) is 0 Å². The molecule has 1 saturated carbocycles. The Kier molecular flexibility index (Phi) is 3.95. The fourth-order valence-corrected chi connectivity index (χ4v) is 3.14. The van der Waals surface area contributed by atoms with Crippen molar-refractivity contribution < 1.29 is 4.42 Å². The molecule has 112 valence electrons. The molecule has 1 aromatic carbocycles. The summed E-state index contributed by atoms with van der Waals surface area (Å²) in [7, 11) is 0. The average molecular weight is 285 g/mol. The van der Waals surface area contributed by atoms with Crippen LogP contribution in [0.15, 0.2) is 29.0 Å². The van der Waals surface area contributed by atoms with Gasteiger partial charge >= 0.3 is 0 Å². The van der Waals surface area contributed by atoms with Gasteiger partial charge in [-0.2, -0.15) is 0 Å². The highest BCUT2D eigenvalue weighted by molar-refractivity contribution is 5.64. The Morgan fingerprint density at radius 3 is 2.86 bits per heavy atom. The van der Waals surface area contributed by atoms with E-state index in [1.54, 1.807) is 0 Å². The van der Waals surface area contributed by atoms with E-state index < -0.39 is 0 Å². The van der Waals surface area contributed by atoms with Crippen LogP contribution in [-0.2, 0) is 0 Å². The molecule has 21 heavy (non-hydrogen) atoms. The number of hydrogen-bond acceptors (Lipinski definition) is 4. The molecule has 3 rings (SSSR count). The number of anilines is 1. The van der Waals surface area contributed by atoms with E-state index in [0.717, 1.165) is 11.5 Å². The van der Waals surface area contributed by atoms with Crippen LogP contribution in [0, 0.1) is 18.8 Å². The number of benzene rings is 1.